The number of hydrogen-bond acceptors (Lipinski definition) is 11. The monoisotopic (exact) mass is 993 g/mol. The number of benzene rings is 2. The third-order valence-electron chi connectivity index (χ3n) is 9.42. The van der Waals surface area contributed by atoms with Gasteiger partial charge in [-0.3, -0.25) is 14.7 Å². The van der Waals surface area contributed by atoms with Crippen LogP contribution in [0.25, 0.3) is 11.0 Å². The summed E-state index contributed by atoms with van der Waals surface area (Å²) in [5.74, 6) is 1.24. The summed E-state index contributed by atoms with van der Waals surface area (Å²) in [6.07, 6.45) is 3.99. The van der Waals surface area contributed by atoms with Crippen LogP contribution in [-0.2, 0) is 28.6 Å². The Hall–Kier alpha value is -3.67. The van der Waals surface area contributed by atoms with Crippen LogP contribution in [0.3, 0.4) is 0 Å². The van der Waals surface area contributed by atoms with Gasteiger partial charge in [0, 0.05) is 71.1 Å². The number of carbonyl (C=O) groups is 1. The highest BCUT2D eigenvalue weighted by Crippen LogP contribution is 2.30. The minimum Gasteiger partial charge on any atom is -0.473 e. The number of amides is 1. The smallest absolute Gasteiger partial charge is 0.248 e. The summed E-state index contributed by atoms with van der Waals surface area (Å²) in [5, 5.41) is 8.93. The van der Waals surface area contributed by atoms with E-state index in [0.29, 0.717) is 42.6 Å². The quantitative estimate of drug-likeness (QED) is 0.0214. The van der Waals surface area contributed by atoms with E-state index in [1.54, 1.807) is 44.4 Å². The van der Waals surface area contributed by atoms with Crippen LogP contribution in [0, 0.1) is 23.1 Å². The van der Waals surface area contributed by atoms with Crippen LogP contribution < -0.4 is 21.9 Å². The summed E-state index contributed by atoms with van der Waals surface area (Å²) >= 11 is 3.62. The Labute approximate surface area is 382 Å². The van der Waals surface area contributed by atoms with Crippen LogP contribution in [0.2, 0.25) is 0 Å². The number of guanidine groups is 1. The van der Waals surface area contributed by atoms with Crippen LogP contribution in [-0.4, -0.2) is 69.8 Å². The Balaban J connectivity index is 0.000000563. The number of carbonyl (C=O) groups excluding carboxylic acids is 1. The van der Waals surface area contributed by atoms with Crippen molar-refractivity contribution in [3.63, 3.8) is 0 Å². The van der Waals surface area contributed by atoms with Crippen LogP contribution in [0.4, 0.5) is 4.39 Å². The number of primary amides is 1. The van der Waals surface area contributed by atoms with Crippen molar-refractivity contribution < 1.29 is 22.8 Å². The first-order chi connectivity index (χ1) is 29.2. The van der Waals surface area contributed by atoms with Gasteiger partial charge in [0.1, 0.15) is 18.2 Å². The van der Waals surface area contributed by atoms with Gasteiger partial charge in [0.15, 0.2) is 5.96 Å². The third-order valence-corrected chi connectivity index (χ3v) is 11.5. The molecule has 4 aromatic rings. The van der Waals surface area contributed by atoms with Crippen LogP contribution in [0.1, 0.15) is 120 Å². The van der Waals surface area contributed by atoms with Crippen molar-refractivity contribution >= 4 is 63.1 Å². The average molecular weight is 994 g/mol. The van der Waals surface area contributed by atoms with Crippen molar-refractivity contribution in [1.82, 2.24) is 19.4 Å². The molecule has 2 aromatic heterocycles. The van der Waals surface area contributed by atoms with Crippen LogP contribution in [0.5, 0.6) is 5.88 Å². The molecule has 1 aliphatic rings. The Bertz CT molecular complexity index is 1980. The van der Waals surface area contributed by atoms with E-state index in [0.717, 1.165) is 74.5 Å². The van der Waals surface area contributed by atoms with Gasteiger partial charge in [-0.25, -0.2) is 14.4 Å². The summed E-state index contributed by atoms with van der Waals surface area (Å²) in [4.78, 5) is 27.8. The Morgan fingerprint density at radius 3 is 2.39 bits per heavy atom. The van der Waals surface area contributed by atoms with Crippen molar-refractivity contribution in [3.8, 4) is 11.9 Å². The van der Waals surface area contributed by atoms with E-state index in [1.807, 2.05) is 36.6 Å². The summed E-state index contributed by atoms with van der Waals surface area (Å²) < 4.78 is 32.7. The molecule has 13 nitrogen and oxygen atoms in total. The van der Waals surface area contributed by atoms with E-state index in [-0.39, 0.29) is 29.6 Å². The molecule has 0 radical (unpaired) electrons. The standard InChI is InChI=1S/C30H32FN9O2.C9H20O.C3H7IOS2.C2H6/c31-23-14-19(16-32)4-5-22(23)18-42-28-3-1-2-24(38-28)20-8-11-39(12-9-20)17-27-37-25-7-6-21(29(33)41)15-26(25)40(27)13-10-36-30(34)35;1-6-9(4,5)10-7-8(2)3;1-2-3-5-7-6-4;1-2/h1-7,14-15,20H,8-13,17-18H2,(H2,33,41)(H4,34,35,36);8H,6-7H2,1-5H3;2-3H2,1H3;1-2H3. The third kappa shape index (κ3) is 19.5. The second-order valence-corrected chi connectivity index (χ2v) is 19.5. The highest BCUT2D eigenvalue weighted by atomic mass is 127. The lowest BCUT2D eigenvalue weighted by Gasteiger charge is -2.31. The normalized spacial score (nSPS) is 12.9. The first-order valence-electron chi connectivity index (χ1n) is 20.8. The first-order valence-corrected chi connectivity index (χ1v) is 25.4. The van der Waals surface area contributed by atoms with Crippen molar-refractivity contribution in [1.29, 1.82) is 5.26 Å². The highest BCUT2D eigenvalue weighted by molar-refractivity contribution is 14.2. The zero-order valence-electron chi connectivity index (χ0n) is 37.0. The maximum atomic E-state index is 14.2. The number of nitrogens with zero attached hydrogens (tertiary/aromatic N) is 6. The molecule has 6 N–H and O–H groups in total. The minimum atomic E-state index is -0.498. The van der Waals surface area contributed by atoms with Gasteiger partial charge in [0.25, 0.3) is 0 Å². The molecule has 5 rings (SSSR count). The Kier molecular flexibility index (Phi) is 25.3. The lowest BCUT2D eigenvalue weighted by atomic mass is 9.93. The van der Waals surface area contributed by atoms with Gasteiger partial charge in [-0.1, -0.05) is 53.7 Å². The molecular weight excluding hydrogens is 929 g/mol. The molecule has 3 heterocycles. The number of rotatable bonds is 18. The van der Waals surface area contributed by atoms with Gasteiger partial charge in [0.2, 0.25) is 11.8 Å². The van der Waals surface area contributed by atoms with Crippen molar-refractivity contribution in [2.24, 2.45) is 28.1 Å². The Morgan fingerprint density at radius 2 is 1.80 bits per heavy atom. The fraction of sp³-hybridized carbons (Fsp3) is 0.523. The second kappa shape index (κ2) is 28.8. The maximum Gasteiger partial charge on any atom is 0.248 e. The topological polar surface area (TPSA) is 193 Å². The van der Waals surface area contributed by atoms with E-state index in [9.17, 15) is 9.18 Å². The lowest BCUT2D eigenvalue weighted by Crippen LogP contribution is -2.33. The van der Waals surface area contributed by atoms with Crippen molar-refractivity contribution in [2.75, 3.05) is 32.8 Å². The fourth-order valence-corrected chi connectivity index (χ4v) is 7.33. The number of nitrogens with two attached hydrogens (primary N) is 3. The molecule has 336 valence electrons. The number of ether oxygens (including phenoxy) is 2. The number of likely N-dealkylation sites (tertiary alicyclic amines) is 1. The number of fused-ring (bicyclic) bond motifs is 1. The number of pyridine rings is 1. The largest absolute Gasteiger partial charge is 0.473 e. The van der Waals surface area contributed by atoms with Gasteiger partial charge in [-0.15, -0.1) is 0 Å². The van der Waals surface area contributed by atoms with Gasteiger partial charge >= 0.3 is 0 Å². The molecule has 61 heavy (non-hydrogen) atoms. The Morgan fingerprint density at radius 1 is 1.08 bits per heavy atom. The van der Waals surface area contributed by atoms with Crippen LogP contribution >= 0.6 is 40.2 Å². The fourth-order valence-electron chi connectivity index (χ4n) is 5.82. The molecule has 1 aliphatic heterocycles. The SMILES string of the molecule is CC.CCC(C)(C)OCC(C)C.CCCOSSI.N#Cc1ccc(COc2cccc(C3CCN(Cc4nc5ccc(C(N)=O)cc5n4CCN=C(N)N)CC3)n2)c(F)c1. The summed E-state index contributed by atoms with van der Waals surface area (Å²) in [5.41, 5.74) is 20.2. The molecule has 0 saturated carbocycles. The minimum absolute atomic E-state index is 0.0189. The summed E-state index contributed by atoms with van der Waals surface area (Å²) in [6.45, 7) is 21.8. The molecule has 0 spiro atoms. The van der Waals surface area contributed by atoms with Gasteiger partial charge < -0.3 is 35.4 Å². The summed E-state index contributed by atoms with van der Waals surface area (Å²) in [7, 11) is 1.61. The maximum absolute atomic E-state index is 14.2. The number of piperidine rings is 1. The number of nitriles is 1. The van der Waals surface area contributed by atoms with Gasteiger partial charge in [-0.05, 0) is 94.9 Å². The first kappa shape index (κ1) is 53.5. The average Bonchev–Trinajstić information content (AvgIpc) is 3.59. The number of halogens is 2. The van der Waals surface area contributed by atoms with E-state index < -0.39 is 11.7 Å². The van der Waals surface area contributed by atoms with Gasteiger partial charge in [-0.2, -0.15) is 5.26 Å². The zero-order valence-corrected chi connectivity index (χ0v) is 40.7. The van der Waals surface area contributed by atoms with Crippen LogP contribution in [0.15, 0.2) is 59.6 Å². The number of aromatic nitrogens is 3. The zero-order chi connectivity index (χ0) is 45.4. The molecule has 17 heteroatoms. The van der Waals surface area contributed by atoms with E-state index in [1.165, 1.54) is 17.1 Å². The number of hydrogen-bond donors (Lipinski definition) is 3. The second-order valence-electron chi connectivity index (χ2n) is 15.0. The number of aliphatic imine (C=N–C) groups is 1. The number of imidazole rings is 1. The van der Waals surface area contributed by atoms with E-state index >= 15 is 0 Å². The molecule has 1 fully saturated rings. The molecular formula is C44H65FIN9O4S2. The van der Waals surface area contributed by atoms with Gasteiger partial charge in [0.05, 0.1) is 59.0 Å². The van der Waals surface area contributed by atoms with E-state index in [4.69, 9.17) is 46.1 Å². The molecule has 0 atom stereocenters. The molecule has 0 aliphatic carbocycles. The van der Waals surface area contributed by atoms with E-state index in [2.05, 4.69) is 72.6 Å². The highest BCUT2D eigenvalue weighted by Gasteiger charge is 2.24. The van der Waals surface area contributed by atoms with Crippen molar-refractivity contribution in [3.05, 3.63) is 88.6 Å². The predicted molar refractivity (Wildman–Crippen MR) is 258 cm³/mol. The summed E-state index contributed by atoms with van der Waals surface area (Å²) in [6, 6.07) is 17.1. The lowest BCUT2D eigenvalue weighted by molar-refractivity contribution is -0.0327. The molecule has 2 aromatic carbocycles. The molecule has 1 amide bonds. The molecule has 0 bridgehead atoms. The van der Waals surface area contributed by atoms with Crippen molar-refractivity contribution in [2.45, 2.75) is 112 Å². The molecule has 1 saturated heterocycles. The predicted octanol–water partition coefficient (Wildman–Crippen LogP) is 9.71. The molecule has 0 unspecified atom stereocenters.